The first-order valence-corrected chi connectivity index (χ1v) is 14.3. The van der Waals surface area contributed by atoms with Crippen molar-refractivity contribution in [2.24, 2.45) is 5.92 Å². The van der Waals surface area contributed by atoms with Crippen LogP contribution in [0, 0.1) is 5.92 Å². The Morgan fingerprint density at radius 2 is 1.80 bits per heavy atom. The number of ketones is 1. The van der Waals surface area contributed by atoms with Crippen LogP contribution in [0.15, 0.2) is 54.7 Å². The molecule has 2 aliphatic rings. The van der Waals surface area contributed by atoms with Gasteiger partial charge in [-0.25, -0.2) is 4.90 Å². The third-order valence-corrected chi connectivity index (χ3v) is 8.24. The lowest BCUT2D eigenvalue weighted by Gasteiger charge is -2.37. The van der Waals surface area contributed by atoms with E-state index in [9.17, 15) is 14.4 Å². The van der Waals surface area contributed by atoms with Crippen LogP contribution in [0.2, 0.25) is 5.02 Å². The number of pyridine rings is 1. The number of rotatable bonds is 9. The van der Waals surface area contributed by atoms with Gasteiger partial charge in [0.2, 0.25) is 5.78 Å². The molecule has 1 N–H and O–H groups in total. The number of likely N-dealkylation sites (tertiary alicyclic amines) is 1. The van der Waals surface area contributed by atoms with E-state index in [0.29, 0.717) is 55.4 Å². The van der Waals surface area contributed by atoms with Gasteiger partial charge in [0.05, 0.1) is 29.8 Å². The highest BCUT2D eigenvalue weighted by Gasteiger charge is 2.48. The molecule has 2 fully saturated rings. The van der Waals surface area contributed by atoms with Crippen molar-refractivity contribution in [3.05, 3.63) is 71.0 Å². The summed E-state index contributed by atoms with van der Waals surface area (Å²) in [6.07, 6.45) is 4.42. The van der Waals surface area contributed by atoms with Crippen LogP contribution < -0.4 is 5.32 Å². The number of benzene rings is 2. The number of anilines is 1. The number of halogens is 2. The highest BCUT2D eigenvalue weighted by atomic mass is 35.5. The van der Waals surface area contributed by atoms with E-state index in [-0.39, 0.29) is 29.0 Å². The molecule has 1 saturated carbocycles. The van der Waals surface area contributed by atoms with E-state index in [4.69, 9.17) is 21.1 Å². The number of hydrogen-bond donors (Lipinski definition) is 1. The molecule has 8 nitrogen and oxygen atoms in total. The summed E-state index contributed by atoms with van der Waals surface area (Å²) in [5, 5.41) is 4.61. The number of esters is 1. The van der Waals surface area contributed by atoms with Crippen molar-refractivity contribution in [2.75, 3.05) is 25.5 Å². The Labute approximate surface area is 243 Å². The Hall–Kier alpha value is -3.40. The maximum absolute atomic E-state index is 16.5. The van der Waals surface area contributed by atoms with Crippen LogP contribution in [-0.4, -0.2) is 59.8 Å². The average Bonchev–Trinajstić information content (AvgIpc) is 3.54. The van der Waals surface area contributed by atoms with Crippen molar-refractivity contribution in [3.63, 3.8) is 0 Å². The highest BCUT2D eigenvalue weighted by molar-refractivity contribution is 6.34. The van der Waals surface area contributed by atoms with Crippen LogP contribution in [0.5, 0.6) is 0 Å². The van der Waals surface area contributed by atoms with Crippen LogP contribution >= 0.6 is 11.6 Å². The van der Waals surface area contributed by atoms with Crippen molar-refractivity contribution in [3.8, 4) is 0 Å². The Morgan fingerprint density at radius 3 is 2.51 bits per heavy atom. The van der Waals surface area contributed by atoms with Crippen LogP contribution in [0.3, 0.4) is 0 Å². The number of nitrogens with one attached hydrogen (secondary N) is 1. The molecular formula is C31H33ClFN3O5. The summed E-state index contributed by atoms with van der Waals surface area (Å²) in [5.74, 6) is -4.19. The average molecular weight is 582 g/mol. The second-order valence-electron chi connectivity index (χ2n) is 10.6. The van der Waals surface area contributed by atoms with Crippen LogP contribution in [0.1, 0.15) is 54.6 Å². The Morgan fingerprint density at radius 1 is 1.07 bits per heavy atom. The summed E-state index contributed by atoms with van der Waals surface area (Å²) in [6, 6.07) is 14.1. The molecule has 2 aromatic carbocycles. The lowest BCUT2D eigenvalue weighted by molar-refractivity contribution is -0.252. The summed E-state index contributed by atoms with van der Waals surface area (Å²) < 4.78 is 27.3. The maximum Gasteiger partial charge on any atom is 0.330 e. The molecule has 216 valence electrons. The molecule has 41 heavy (non-hydrogen) atoms. The number of methoxy groups -OCH3 is 1. The summed E-state index contributed by atoms with van der Waals surface area (Å²) in [7, 11) is 1.36. The van der Waals surface area contributed by atoms with Crippen molar-refractivity contribution in [1.82, 2.24) is 9.88 Å². The summed E-state index contributed by atoms with van der Waals surface area (Å²) in [6.45, 7) is 0.849. The van der Waals surface area contributed by atoms with Gasteiger partial charge in [0.1, 0.15) is 5.69 Å². The minimum atomic E-state index is -2.57. The second-order valence-corrected chi connectivity index (χ2v) is 11.0. The normalized spacial score (nSPS) is 20.9. The quantitative estimate of drug-likeness (QED) is 0.255. The van der Waals surface area contributed by atoms with Crippen LogP contribution in [-0.2, 0) is 25.5 Å². The molecular weight excluding hydrogens is 549 g/mol. The number of amides is 1. The molecule has 1 atom stereocenters. The first-order valence-electron chi connectivity index (χ1n) is 13.9. The largest absolute Gasteiger partial charge is 0.469 e. The number of hydrogen-bond acceptors (Lipinski definition) is 7. The first-order chi connectivity index (χ1) is 19.8. The Balaban J connectivity index is 1.27. The minimum absolute atomic E-state index is 0.219. The monoisotopic (exact) mass is 581 g/mol. The van der Waals surface area contributed by atoms with Gasteiger partial charge >= 0.3 is 11.9 Å². The van der Waals surface area contributed by atoms with Gasteiger partial charge in [-0.3, -0.25) is 19.4 Å². The molecule has 1 amide bonds. The molecule has 1 aliphatic heterocycles. The molecule has 2 heterocycles. The smallest absolute Gasteiger partial charge is 0.330 e. The molecule has 1 unspecified atom stereocenters. The van der Waals surface area contributed by atoms with E-state index in [1.165, 1.54) is 12.0 Å². The molecule has 1 saturated heterocycles. The van der Waals surface area contributed by atoms with Gasteiger partial charge in [-0.2, -0.15) is 4.39 Å². The molecule has 5 rings (SSSR count). The number of fused-ring (bicyclic) bond motifs is 1. The molecule has 1 aromatic heterocycles. The second kappa shape index (κ2) is 12.6. The zero-order valence-corrected chi connectivity index (χ0v) is 23.7. The summed E-state index contributed by atoms with van der Waals surface area (Å²) in [5.41, 5.74) is 1.12. The minimum Gasteiger partial charge on any atom is -0.469 e. The van der Waals surface area contributed by atoms with Gasteiger partial charge in [0.25, 0.3) is 5.91 Å². The van der Waals surface area contributed by atoms with Gasteiger partial charge in [-0.1, -0.05) is 41.9 Å². The fourth-order valence-electron chi connectivity index (χ4n) is 5.67. The maximum atomic E-state index is 16.5. The number of nitrogens with zero attached hydrogens (tertiary/aromatic N) is 2. The van der Waals surface area contributed by atoms with E-state index in [2.05, 4.69) is 10.3 Å². The number of carbonyl (C=O) groups excluding carboxylic acids is 3. The van der Waals surface area contributed by atoms with Crippen molar-refractivity contribution < 1.29 is 28.2 Å². The molecule has 3 aromatic rings. The third-order valence-electron chi connectivity index (χ3n) is 7.92. The van der Waals surface area contributed by atoms with Crippen LogP contribution in [0.4, 0.5) is 10.1 Å². The number of carbonyl (C=O) groups is 3. The molecule has 10 heteroatoms. The SMILES string of the molecule is COC(=O)[C@H]1CC[C@H](OC(F)(C(=O)Cc2ccc(NC(=O)c3nccc4ccccc34)c(Cl)c2)N2CCCC2)CC1. The number of alkyl halides is 1. The van der Waals surface area contributed by atoms with E-state index >= 15 is 4.39 Å². The number of Topliss-reactive ketones (excluding diaryl/α,β-unsaturated/α-hetero) is 1. The van der Waals surface area contributed by atoms with E-state index < -0.39 is 23.8 Å². The van der Waals surface area contributed by atoms with Gasteiger partial charge in [-0.15, -0.1) is 0 Å². The summed E-state index contributed by atoms with van der Waals surface area (Å²) >= 11 is 6.49. The Bertz CT molecular complexity index is 1430. The lowest BCUT2D eigenvalue weighted by Crippen LogP contribution is -2.54. The fourth-order valence-corrected chi connectivity index (χ4v) is 5.92. The molecule has 0 radical (unpaired) electrons. The van der Waals surface area contributed by atoms with Gasteiger partial charge in [0, 0.05) is 31.1 Å². The zero-order valence-electron chi connectivity index (χ0n) is 22.9. The van der Waals surface area contributed by atoms with Crippen LogP contribution in [0.25, 0.3) is 10.8 Å². The molecule has 0 spiro atoms. The number of ether oxygens (including phenoxy) is 2. The fraction of sp³-hybridized carbons (Fsp3) is 0.419. The number of aromatic nitrogens is 1. The van der Waals surface area contributed by atoms with Gasteiger partial charge in [0.15, 0.2) is 0 Å². The Kier molecular flexibility index (Phi) is 8.97. The van der Waals surface area contributed by atoms with Gasteiger partial charge < -0.3 is 14.8 Å². The predicted molar refractivity (Wildman–Crippen MR) is 153 cm³/mol. The van der Waals surface area contributed by atoms with Gasteiger partial charge in [-0.05, 0) is 67.7 Å². The zero-order chi connectivity index (χ0) is 29.0. The standard InChI is InChI=1S/C31H33ClFN3O5/c1-40-30(39)22-9-11-23(12-10-22)41-31(33,36-16-4-5-17-36)27(37)19-20-8-13-26(25(32)18-20)35-29(38)28-24-7-3-2-6-21(24)14-15-34-28/h2-3,6-8,13-15,18,22-23H,4-5,9-12,16-17,19H2,1H3,(H,35,38)/t22-,23-,31?. The third kappa shape index (κ3) is 6.42. The molecule has 1 aliphatic carbocycles. The molecule has 0 bridgehead atoms. The lowest BCUT2D eigenvalue weighted by atomic mass is 9.87. The van der Waals surface area contributed by atoms with Crippen molar-refractivity contribution in [1.29, 1.82) is 0 Å². The van der Waals surface area contributed by atoms with E-state index in [1.54, 1.807) is 24.4 Å². The summed E-state index contributed by atoms with van der Waals surface area (Å²) in [4.78, 5) is 44.0. The highest BCUT2D eigenvalue weighted by Crippen LogP contribution is 2.35. The first kappa shape index (κ1) is 29.1. The van der Waals surface area contributed by atoms with E-state index in [0.717, 1.165) is 18.2 Å². The van der Waals surface area contributed by atoms with Crippen molar-refractivity contribution in [2.45, 2.75) is 57.0 Å². The predicted octanol–water partition coefficient (Wildman–Crippen LogP) is 5.72. The topological polar surface area (TPSA) is 97.8 Å². The van der Waals surface area contributed by atoms with Crippen molar-refractivity contribution >= 4 is 45.7 Å². The van der Waals surface area contributed by atoms with E-state index in [1.807, 2.05) is 30.3 Å².